The number of benzene rings is 2. The Hall–Kier alpha value is -2.48. The van der Waals surface area contributed by atoms with Crippen LogP contribution in [-0.4, -0.2) is 14.4 Å². The monoisotopic (exact) mass is 326 g/mol. The standard InChI is InChI=1S/C14H11F2NO4S/c1-8-2-3-9(14(18)19)6-13(8)22(20,21)17-12-7-10(15)4-5-11(12)16/h2-7,17H,1H3,(H,18,19)/p-1. The van der Waals surface area contributed by atoms with Crippen molar-refractivity contribution in [3.05, 3.63) is 59.2 Å². The van der Waals surface area contributed by atoms with Crippen molar-refractivity contribution in [1.29, 1.82) is 0 Å². The average molecular weight is 326 g/mol. The molecule has 5 nitrogen and oxygen atoms in total. The number of carbonyl (C=O) groups excluding carboxylic acids is 1. The summed E-state index contributed by atoms with van der Waals surface area (Å²) in [4.78, 5) is 10.4. The minimum absolute atomic E-state index is 0.245. The largest absolute Gasteiger partial charge is 0.545 e. The van der Waals surface area contributed by atoms with Crippen LogP contribution in [-0.2, 0) is 10.0 Å². The zero-order valence-corrected chi connectivity index (χ0v) is 12.1. The van der Waals surface area contributed by atoms with E-state index in [9.17, 15) is 27.1 Å². The fourth-order valence-electron chi connectivity index (χ4n) is 1.79. The topological polar surface area (TPSA) is 86.3 Å². The maximum atomic E-state index is 13.5. The lowest BCUT2D eigenvalue weighted by Gasteiger charge is -2.13. The molecule has 0 saturated carbocycles. The normalized spacial score (nSPS) is 11.2. The molecule has 116 valence electrons. The van der Waals surface area contributed by atoms with Crippen molar-refractivity contribution in [2.24, 2.45) is 0 Å². The van der Waals surface area contributed by atoms with Gasteiger partial charge in [-0.25, -0.2) is 17.2 Å². The number of hydrogen-bond acceptors (Lipinski definition) is 4. The zero-order chi connectivity index (χ0) is 16.5. The van der Waals surface area contributed by atoms with Crippen LogP contribution in [0.5, 0.6) is 0 Å². The van der Waals surface area contributed by atoms with Gasteiger partial charge in [0.15, 0.2) is 0 Å². The first kappa shape index (κ1) is 15.9. The van der Waals surface area contributed by atoms with Crippen LogP contribution in [0, 0.1) is 18.6 Å². The van der Waals surface area contributed by atoms with Crippen molar-refractivity contribution in [3.8, 4) is 0 Å². The van der Waals surface area contributed by atoms with Gasteiger partial charge in [-0.2, -0.15) is 0 Å². The van der Waals surface area contributed by atoms with Crippen molar-refractivity contribution in [1.82, 2.24) is 0 Å². The summed E-state index contributed by atoms with van der Waals surface area (Å²) in [5.74, 6) is -3.33. The van der Waals surface area contributed by atoms with Crippen LogP contribution >= 0.6 is 0 Å². The maximum Gasteiger partial charge on any atom is 0.262 e. The lowest BCUT2D eigenvalue weighted by atomic mass is 10.1. The van der Waals surface area contributed by atoms with E-state index in [1.165, 1.54) is 19.1 Å². The fraction of sp³-hybridized carbons (Fsp3) is 0.0714. The summed E-state index contributed by atoms with van der Waals surface area (Å²) >= 11 is 0. The molecular weight excluding hydrogens is 316 g/mol. The summed E-state index contributed by atoms with van der Waals surface area (Å²) in [6.07, 6.45) is 0. The molecule has 0 aliphatic rings. The molecule has 0 radical (unpaired) electrons. The summed E-state index contributed by atoms with van der Waals surface area (Å²) in [6, 6.07) is 5.66. The molecule has 0 aliphatic heterocycles. The number of rotatable bonds is 4. The number of aryl methyl sites for hydroxylation is 1. The Labute approximate surface area is 125 Å². The van der Waals surface area contributed by atoms with E-state index in [0.717, 1.165) is 18.2 Å². The van der Waals surface area contributed by atoms with Crippen LogP contribution in [0.3, 0.4) is 0 Å². The van der Waals surface area contributed by atoms with Gasteiger partial charge in [0.25, 0.3) is 10.0 Å². The number of carbonyl (C=O) groups is 1. The number of sulfonamides is 1. The van der Waals surface area contributed by atoms with E-state index < -0.39 is 33.3 Å². The Morgan fingerprint density at radius 2 is 1.82 bits per heavy atom. The predicted molar refractivity (Wildman–Crippen MR) is 72.7 cm³/mol. The molecule has 0 unspecified atom stereocenters. The third kappa shape index (κ3) is 3.22. The first-order valence-electron chi connectivity index (χ1n) is 6.00. The molecule has 0 atom stereocenters. The van der Waals surface area contributed by atoms with Crippen molar-refractivity contribution in [2.45, 2.75) is 11.8 Å². The number of halogens is 2. The molecule has 1 N–H and O–H groups in total. The molecule has 0 bridgehead atoms. The Balaban J connectivity index is 2.49. The van der Waals surface area contributed by atoms with Gasteiger partial charge in [0.1, 0.15) is 11.6 Å². The van der Waals surface area contributed by atoms with E-state index in [-0.39, 0.29) is 16.0 Å². The van der Waals surface area contributed by atoms with E-state index in [2.05, 4.69) is 0 Å². The Kier molecular flexibility index (Phi) is 4.14. The SMILES string of the molecule is Cc1ccc(C(=O)[O-])cc1S(=O)(=O)Nc1cc(F)ccc1F. The number of anilines is 1. The molecule has 0 amide bonds. The molecule has 2 rings (SSSR count). The van der Waals surface area contributed by atoms with Crippen molar-refractivity contribution >= 4 is 21.7 Å². The van der Waals surface area contributed by atoms with Gasteiger partial charge < -0.3 is 9.90 Å². The lowest BCUT2D eigenvalue weighted by Crippen LogP contribution is -2.23. The molecule has 0 fully saturated rings. The highest BCUT2D eigenvalue weighted by Gasteiger charge is 2.19. The summed E-state index contributed by atoms with van der Waals surface area (Å²) < 4.78 is 53.0. The lowest BCUT2D eigenvalue weighted by molar-refractivity contribution is -0.255. The quantitative estimate of drug-likeness (QED) is 0.921. The van der Waals surface area contributed by atoms with Crippen molar-refractivity contribution < 1.29 is 27.1 Å². The van der Waals surface area contributed by atoms with Crippen LogP contribution < -0.4 is 9.83 Å². The highest BCUT2D eigenvalue weighted by atomic mass is 32.2. The molecule has 0 saturated heterocycles. The number of carboxylic acid groups (broad SMARTS) is 1. The summed E-state index contributed by atoms with van der Waals surface area (Å²) in [5, 5.41) is 10.8. The van der Waals surface area contributed by atoms with Gasteiger partial charge >= 0.3 is 0 Å². The minimum atomic E-state index is -4.29. The summed E-state index contributed by atoms with van der Waals surface area (Å²) in [5.41, 5.74) is -0.668. The van der Waals surface area contributed by atoms with E-state index >= 15 is 0 Å². The minimum Gasteiger partial charge on any atom is -0.545 e. The third-order valence-electron chi connectivity index (χ3n) is 2.89. The number of nitrogens with one attached hydrogen (secondary N) is 1. The van der Waals surface area contributed by atoms with E-state index in [1.54, 1.807) is 0 Å². The number of aromatic carboxylic acids is 1. The molecule has 8 heteroatoms. The first-order chi connectivity index (χ1) is 10.2. The molecular formula is C14H10F2NO4S-. The Bertz CT molecular complexity index is 850. The van der Waals surface area contributed by atoms with Gasteiger partial charge in [-0.05, 0) is 36.2 Å². The van der Waals surface area contributed by atoms with Crippen LogP contribution in [0.2, 0.25) is 0 Å². The average Bonchev–Trinajstić information content (AvgIpc) is 2.42. The van der Waals surface area contributed by atoms with Gasteiger partial charge in [0.05, 0.1) is 16.6 Å². The first-order valence-corrected chi connectivity index (χ1v) is 7.49. The van der Waals surface area contributed by atoms with E-state index in [4.69, 9.17) is 0 Å². The Morgan fingerprint density at radius 3 is 2.45 bits per heavy atom. The molecule has 0 aromatic heterocycles. The third-order valence-corrected chi connectivity index (χ3v) is 4.39. The molecule has 2 aromatic rings. The van der Waals surface area contributed by atoms with Crippen LogP contribution in [0.15, 0.2) is 41.3 Å². The van der Waals surface area contributed by atoms with Gasteiger partial charge in [0.2, 0.25) is 0 Å². The molecule has 0 aliphatic carbocycles. The van der Waals surface area contributed by atoms with Crippen molar-refractivity contribution in [3.63, 3.8) is 0 Å². The summed E-state index contributed by atoms with van der Waals surface area (Å²) in [6.45, 7) is 1.44. The van der Waals surface area contributed by atoms with E-state index in [0.29, 0.717) is 6.07 Å². The second kappa shape index (κ2) is 5.72. The molecule has 0 heterocycles. The molecule has 22 heavy (non-hydrogen) atoms. The summed E-state index contributed by atoms with van der Waals surface area (Å²) in [7, 11) is -4.29. The predicted octanol–water partition coefficient (Wildman–Crippen LogP) is 1.44. The zero-order valence-electron chi connectivity index (χ0n) is 11.3. The van der Waals surface area contributed by atoms with Crippen molar-refractivity contribution in [2.75, 3.05) is 4.72 Å². The van der Waals surface area contributed by atoms with E-state index in [1.807, 2.05) is 4.72 Å². The second-order valence-corrected chi connectivity index (χ2v) is 6.15. The van der Waals surface area contributed by atoms with Crippen LogP contribution in [0.1, 0.15) is 15.9 Å². The fourth-order valence-corrected chi connectivity index (χ4v) is 3.12. The highest BCUT2D eigenvalue weighted by molar-refractivity contribution is 7.92. The van der Waals surface area contributed by atoms with Gasteiger partial charge in [-0.1, -0.05) is 12.1 Å². The molecule has 2 aromatic carbocycles. The highest BCUT2D eigenvalue weighted by Crippen LogP contribution is 2.23. The van der Waals surface area contributed by atoms with Gasteiger partial charge in [0, 0.05) is 6.07 Å². The van der Waals surface area contributed by atoms with Gasteiger partial charge in [-0.15, -0.1) is 0 Å². The smallest absolute Gasteiger partial charge is 0.262 e. The second-order valence-electron chi connectivity index (χ2n) is 4.50. The number of hydrogen-bond donors (Lipinski definition) is 1. The Morgan fingerprint density at radius 1 is 1.14 bits per heavy atom. The maximum absolute atomic E-state index is 13.5. The van der Waals surface area contributed by atoms with Crippen LogP contribution in [0.25, 0.3) is 0 Å². The van der Waals surface area contributed by atoms with Crippen LogP contribution in [0.4, 0.5) is 14.5 Å². The molecule has 0 spiro atoms. The number of carboxylic acids is 1. The van der Waals surface area contributed by atoms with Gasteiger partial charge in [-0.3, -0.25) is 4.72 Å².